The molecule has 0 saturated carbocycles. The molecule has 0 aliphatic carbocycles. The minimum Gasteiger partial charge on any atom is -0.490 e. The number of amides is 1. The maximum atomic E-state index is 12.8. The molecule has 3 rings (SSSR count). The number of rotatable bonds is 10. The molecule has 0 saturated heterocycles. The molecule has 3 aromatic carbocycles. The Morgan fingerprint density at radius 2 is 1.94 bits per heavy atom. The van der Waals surface area contributed by atoms with Crippen LogP contribution in [0.1, 0.15) is 34.7 Å². The van der Waals surface area contributed by atoms with Crippen molar-refractivity contribution in [1.29, 1.82) is 5.26 Å². The molecule has 1 N–H and O–H groups in total. The third-order valence-electron chi connectivity index (χ3n) is 5.39. The molecule has 0 atom stereocenters. The third kappa shape index (κ3) is 7.00. The van der Waals surface area contributed by atoms with Crippen LogP contribution in [0.3, 0.4) is 0 Å². The van der Waals surface area contributed by atoms with Gasteiger partial charge in [0.2, 0.25) is 0 Å². The first-order chi connectivity index (χ1) is 17.3. The van der Waals surface area contributed by atoms with E-state index in [0.717, 1.165) is 22.3 Å². The standard InChI is InChI=1S/C30H29ClN2O3/c1-5-8-24-14-23(15-25(18-32)30(34)33-26-12-11-21(4)27(31)17-26)16-28(35-6-2)29(24)36-19-22-10-7-9-20(3)13-22/h5,7,9-17H,1,6,8,19H2,2-4H3,(H,33,34)/b25-15-. The van der Waals surface area contributed by atoms with Crippen LogP contribution in [0.4, 0.5) is 5.69 Å². The average molecular weight is 501 g/mol. The van der Waals surface area contributed by atoms with Crippen LogP contribution in [0, 0.1) is 25.2 Å². The van der Waals surface area contributed by atoms with E-state index in [9.17, 15) is 10.1 Å². The SMILES string of the molecule is C=CCc1cc(/C=C(/C#N)C(=O)Nc2ccc(C)c(Cl)c2)cc(OCC)c1OCc1cccc(C)c1. The number of nitrogens with zero attached hydrogens (tertiary/aromatic N) is 1. The number of allylic oxidation sites excluding steroid dienone is 1. The number of halogens is 1. The van der Waals surface area contributed by atoms with Gasteiger partial charge in [-0.1, -0.05) is 53.6 Å². The van der Waals surface area contributed by atoms with Crippen molar-refractivity contribution in [3.05, 3.63) is 106 Å². The van der Waals surface area contributed by atoms with Crippen LogP contribution in [-0.4, -0.2) is 12.5 Å². The molecule has 0 aromatic heterocycles. The number of nitrogens with one attached hydrogen (secondary N) is 1. The Bertz CT molecular complexity index is 1340. The van der Waals surface area contributed by atoms with Gasteiger partial charge in [0.05, 0.1) is 6.61 Å². The largest absolute Gasteiger partial charge is 0.490 e. The average Bonchev–Trinajstić information content (AvgIpc) is 2.84. The first-order valence-corrected chi connectivity index (χ1v) is 12.0. The van der Waals surface area contributed by atoms with E-state index in [4.69, 9.17) is 21.1 Å². The zero-order valence-corrected chi connectivity index (χ0v) is 21.5. The van der Waals surface area contributed by atoms with Crippen molar-refractivity contribution in [1.82, 2.24) is 0 Å². The Balaban J connectivity index is 1.93. The molecule has 3 aromatic rings. The molecule has 0 spiro atoms. The normalized spacial score (nSPS) is 10.9. The second kappa shape index (κ2) is 12.6. The van der Waals surface area contributed by atoms with Crippen molar-refractivity contribution in [3.63, 3.8) is 0 Å². The van der Waals surface area contributed by atoms with Crippen LogP contribution < -0.4 is 14.8 Å². The number of carbonyl (C=O) groups excluding carboxylic acids is 1. The maximum absolute atomic E-state index is 12.8. The van der Waals surface area contributed by atoms with E-state index in [1.807, 2.05) is 51.1 Å². The minimum atomic E-state index is -0.527. The predicted molar refractivity (Wildman–Crippen MR) is 145 cm³/mol. The minimum absolute atomic E-state index is 0.0490. The fourth-order valence-corrected chi connectivity index (χ4v) is 3.82. The fraction of sp³-hybridized carbons (Fsp3) is 0.200. The number of ether oxygens (including phenoxy) is 2. The Labute approximate surface area is 217 Å². The Hall–Kier alpha value is -4.01. The molecule has 36 heavy (non-hydrogen) atoms. The maximum Gasteiger partial charge on any atom is 0.266 e. The van der Waals surface area contributed by atoms with Gasteiger partial charge in [0.25, 0.3) is 5.91 Å². The number of nitriles is 1. The van der Waals surface area contributed by atoms with Crippen LogP contribution >= 0.6 is 11.6 Å². The smallest absolute Gasteiger partial charge is 0.266 e. The van der Waals surface area contributed by atoms with Crippen LogP contribution in [0.25, 0.3) is 6.08 Å². The third-order valence-corrected chi connectivity index (χ3v) is 5.80. The summed E-state index contributed by atoms with van der Waals surface area (Å²) in [5, 5.41) is 13.0. The van der Waals surface area contributed by atoms with Crippen molar-refractivity contribution >= 4 is 29.3 Å². The predicted octanol–water partition coefficient (Wildman–Crippen LogP) is 7.21. The van der Waals surface area contributed by atoms with Gasteiger partial charge in [-0.2, -0.15) is 5.26 Å². The molecular weight excluding hydrogens is 472 g/mol. The molecule has 0 fully saturated rings. The lowest BCUT2D eigenvalue weighted by atomic mass is 10.0. The zero-order valence-electron chi connectivity index (χ0n) is 20.7. The summed E-state index contributed by atoms with van der Waals surface area (Å²) in [6.45, 7) is 10.5. The molecule has 1 amide bonds. The van der Waals surface area contributed by atoms with Gasteiger partial charge in [-0.05, 0) is 74.2 Å². The molecule has 0 radical (unpaired) electrons. The van der Waals surface area contributed by atoms with Gasteiger partial charge in [-0.3, -0.25) is 4.79 Å². The first-order valence-electron chi connectivity index (χ1n) is 11.6. The summed E-state index contributed by atoms with van der Waals surface area (Å²) in [4.78, 5) is 12.8. The summed E-state index contributed by atoms with van der Waals surface area (Å²) in [6, 6.07) is 19.0. The van der Waals surface area contributed by atoms with E-state index in [-0.39, 0.29) is 5.57 Å². The van der Waals surface area contributed by atoms with E-state index in [1.54, 1.807) is 30.3 Å². The van der Waals surface area contributed by atoms with E-state index in [1.165, 1.54) is 6.08 Å². The number of carbonyl (C=O) groups is 1. The monoisotopic (exact) mass is 500 g/mol. The Kier molecular flexibility index (Phi) is 9.32. The molecular formula is C30H29ClN2O3. The first kappa shape index (κ1) is 26.6. The van der Waals surface area contributed by atoms with Crippen LogP contribution in [0.2, 0.25) is 5.02 Å². The van der Waals surface area contributed by atoms with Gasteiger partial charge in [0, 0.05) is 16.3 Å². The number of hydrogen-bond acceptors (Lipinski definition) is 4. The highest BCUT2D eigenvalue weighted by molar-refractivity contribution is 6.31. The molecule has 0 bridgehead atoms. The van der Waals surface area contributed by atoms with Gasteiger partial charge >= 0.3 is 0 Å². The lowest BCUT2D eigenvalue weighted by Crippen LogP contribution is -2.13. The second-order valence-corrected chi connectivity index (χ2v) is 8.71. The number of benzene rings is 3. The lowest BCUT2D eigenvalue weighted by molar-refractivity contribution is -0.112. The molecule has 6 heteroatoms. The number of hydrogen-bond donors (Lipinski definition) is 1. The van der Waals surface area contributed by atoms with Gasteiger partial charge in [0.1, 0.15) is 18.2 Å². The van der Waals surface area contributed by atoms with E-state index in [0.29, 0.717) is 47.4 Å². The van der Waals surface area contributed by atoms with Crippen molar-refractivity contribution in [3.8, 4) is 17.6 Å². The molecule has 0 heterocycles. The molecule has 0 aliphatic heterocycles. The topological polar surface area (TPSA) is 71.4 Å². The lowest BCUT2D eigenvalue weighted by Gasteiger charge is -2.17. The second-order valence-electron chi connectivity index (χ2n) is 8.30. The van der Waals surface area contributed by atoms with Crippen molar-refractivity contribution in [2.75, 3.05) is 11.9 Å². The fourth-order valence-electron chi connectivity index (χ4n) is 3.64. The Morgan fingerprint density at radius 1 is 1.14 bits per heavy atom. The zero-order chi connectivity index (χ0) is 26.1. The van der Waals surface area contributed by atoms with E-state index in [2.05, 4.69) is 18.0 Å². The molecule has 0 unspecified atom stereocenters. The van der Waals surface area contributed by atoms with E-state index < -0.39 is 5.91 Å². The summed E-state index contributed by atoms with van der Waals surface area (Å²) < 4.78 is 12.1. The van der Waals surface area contributed by atoms with Gasteiger partial charge < -0.3 is 14.8 Å². The number of aryl methyl sites for hydroxylation is 2. The van der Waals surface area contributed by atoms with Crippen LogP contribution in [0.15, 0.2) is 72.8 Å². The summed E-state index contributed by atoms with van der Waals surface area (Å²) >= 11 is 6.16. The van der Waals surface area contributed by atoms with Crippen molar-refractivity contribution in [2.45, 2.75) is 33.8 Å². The van der Waals surface area contributed by atoms with Gasteiger partial charge in [-0.15, -0.1) is 6.58 Å². The molecule has 184 valence electrons. The Morgan fingerprint density at radius 3 is 2.61 bits per heavy atom. The molecule has 0 aliphatic rings. The summed E-state index contributed by atoms with van der Waals surface area (Å²) in [6.07, 6.45) is 3.84. The van der Waals surface area contributed by atoms with Crippen LogP contribution in [0.5, 0.6) is 11.5 Å². The van der Waals surface area contributed by atoms with Crippen LogP contribution in [-0.2, 0) is 17.8 Å². The van der Waals surface area contributed by atoms with Crippen molar-refractivity contribution < 1.29 is 14.3 Å². The highest BCUT2D eigenvalue weighted by Crippen LogP contribution is 2.35. The summed E-state index contributed by atoms with van der Waals surface area (Å²) in [5.41, 5.74) is 5.05. The molecule has 5 nitrogen and oxygen atoms in total. The summed E-state index contributed by atoms with van der Waals surface area (Å²) in [5.74, 6) is 0.631. The summed E-state index contributed by atoms with van der Waals surface area (Å²) in [7, 11) is 0. The number of anilines is 1. The quantitative estimate of drug-likeness (QED) is 0.181. The highest BCUT2D eigenvalue weighted by Gasteiger charge is 2.16. The van der Waals surface area contributed by atoms with E-state index >= 15 is 0 Å². The van der Waals surface area contributed by atoms with Gasteiger partial charge in [-0.25, -0.2) is 0 Å². The van der Waals surface area contributed by atoms with Crippen molar-refractivity contribution in [2.24, 2.45) is 0 Å². The van der Waals surface area contributed by atoms with Gasteiger partial charge in [0.15, 0.2) is 11.5 Å². The highest BCUT2D eigenvalue weighted by atomic mass is 35.5.